The van der Waals surface area contributed by atoms with Gasteiger partial charge in [-0.1, -0.05) is 18.2 Å². The predicted octanol–water partition coefficient (Wildman–Crippen LogP) is 3.03. The fraction of sp³-hybridized carbons (Fsp3) is 0.471. The Morgan fingerprint density at radius 2 is 2.19 bits per heavy atom. The number of carbonyl (C=O) groups excluding carboxylic acids is 1. The summed E-state index contributed by atoms with van der Waals surface area (Å²) >= 11 is 0. The molecule has 1 aliphatic heterocycles. The van der Waals surface area contributed by atoms with Crippen LogP contribution in [0, 0.1) is 0 Å². The summed E-state index contributed by atoms with van der Waals surface area (Å²) in [6, 6.07) is 9.58. The molecule has 1 atom stereocenters. The molecule has 1 aliphatic rings. The van der Waals surface area contributed by atoms with Crippen LogP contribution >= 0.6 is 0 Å². The third-order valence-corrected chi connectivity index (χ3v) is 3.54. The number of para-hydroxylation sites is 1. The number of hydrogen-bond donors (Lipinski definition) is 1. The van der Waals surface area contributed by atoms with Crippen LogP contribution < -0.4 is 5.32 Å². The Balaban J connectivity index is 1.60. The minimum Gasteiger partial charge on any atom is -0.497 e. The standard InChI is InChI=1S/C17H24N2O2/c1-19(14-16-10-5-6-13-21-16)12-7-11-17(20)18-15-8-3-2-4-9-15/h2-4,6,8-9,13,16H,5,7,10-12,14H2,1H3,(H,18,20). The molecule has 2 rings (SSSR count). The molecule has 0 saturated heterocycles. The number of likely N-dealkylation sites (N-methyl/N-ethyl adjacent to an activating group) is 1. The molecule has 1 heterocycles. The molecule has 0 bridgehead atoms. The van der Waals surface area contributed by atoms with Gasteiger partial charge in [0.15, 0.2) is 0 Å². The van der Waals surface area contributed by atoms with Crippen LogP contribution in [0.25, 0.3) is 0 Å². The van der Waals surface area contributed by atoms with Crippen molar-refractivity contribution in [3.05, 3.63) is 42.7 Å². The Kier molecular flexibility index (Phi) is 6.28. The van der Waals surface area contributed by atoms with Gasteiger partial charge in [0.05, 0.1) is 6.26 Å². The van der Waals surface area contributed by atoms with E-state index in [0.29, 0.717) is 6.42 Å². The fourth-order valence-electron chi connectivity index (χ4n) is 2.41. The maximum absolute atomic E-state index is 11.8. The highest BCUT2D eigenvalue weighted by atomic mass is 16.5. The van der Waals surface area contributed by atoms with Crippen molar-refractivity contribution in [2.75, 3.05) is 25.5 Å². The van der Waals surface area contributed by atoms with Crippen molar-refractivity contribution in [2.24, 2.45) is 0 Å². The SMILES string of the molecule is CN(CCCC(=O)Nc1ccccc1)CC1CCC=CO1. The average Bonchev–Trinajstić information content (AvgIpc) is 2.49. The monoisotopic (exact) mass is 288 g/mol. The molecule has 0 aliphatic carbocycles. The van der Waals surface area contributed by atoms with Gasteiger partial charge in [-0.25, -0.2) is 0 Å². The van der Waals surface area contributed by atoms with Crippen molar-refractivity contribution >= 4 is 11.6 Å². The molecule has 0 saturated carbocycles. The van der Waals surface area contributed by atoms with Crippen LogP contribution in [0.3, 0.4) is 0 Å². The van der Waals surface area contributed by atoms with Crippen molar-refractivity contribution in [3.8, 4) is 0 Å². The van der Waals surface area contributed by atoms with E-state index in [4.69, 9.17) is 4.74 Å². The van der Waals surface area contributed by atoms with Crippen LogP contribution in [0.2, 0.25) is 0 Å². The molecule has 1 N–H and O–H groups in total. The van der Waals surface area contributed by atoms with Crippen molar-refractivity contribution in [1.29, 1.82) is 0 Å². The maximum atomic E-state index is 11.8. The molecule has 1 aromatic rings. The molecular weight excluding hydrogens is 264 g/mol. The zero-order valence-corrected chi connectivity index (χ0v) is 12.6. The summed E-state index contributed by atoms with van der Waals surface area (Å²) in [5.41, 5.74) is 0.859. The van der Waals surface area contributed by atoms with E-state index < -0.39 is 0 Å². The van der Waals surface area contributed by atoms with E-state index in [1.165, 1.54) is 0 Å². The summed E-state index contributed by atoms with van der Waals surface area (Å²) in [7, 11) is 2.08. The first-order chi connectivity index (χ1) is 10.2. The second-order valence-corrected chi connectivity index (χ2v) is 5.49. The zero-order valence-electron chi connectivity index (χ0n) is 12.6. The highest BCUT2D eigenvalue weighted by Crippen LogP contribution is 2.11. The maximum Gasteiger partial charge on any atom is 0.224 e. The van der Waals surface area contributed by atoms with Gasteiger partial charge >= 0.3 is 0 Å². The summed E-state index contributed by atoms with van der Waals surface area (Å²) < 4.78 is 5.55. The first-order valence-electron chi connectivity index (χ1n) is 7.58. The minimum absolute atomic E-state index is 0.0754. The lowest BCUT2D eigenvalue weighted by molar-refractivity contribution is -0.116. The van der Waals surface area contributed by atoms with E-state index in [1.807, 2.05) is 30.3 Å². The first kappa shape index (κ1) is 15.6. The molecule has 4 nitrogen and oxygen atoms in total. The molecule has 0 spiro atoms. The number of rotatable bonds is 7. The summed E-state index contributed by atoms with van der Waals surface area (Å²) in [5.74, 6) is 0.0754. The van der Waals surface area contributed by atoms with E-state index in [0.717, 1.165) is 38.0 Å². The van der Waals surface area contributed by atoms with Gasteiger partial charge in [-0.2, -0.15) is 0 Å². The Labute approximate surface area is 126 Å². The van der Waals surface area contributed by atoms with Gasteiger partial charge < -0.3 is 15.0 Å². The number of nitrogens with one attached hydrogen (secondary N) is 1. The summed E-state index contributed by atoms with van der Waals surface area (Å²) in [4.78, 5) is 14.1. The van der Waals surface area contributed by atoms with E-state index >= 15 is 0 Å². The van der Waals surface area contributed by atoms with Crippen LogP contribution in [0.15, 0.2) is 42.7 Å². The Bertz CT molecular complexity index is 459. The Hall–Kier alpha value is -1.81. The van der Waals surface area contributed by atoms with E-state index in [-0.39, 0.29) is 12.0 Å². The molecule has 1 aromatic carbocycles. The van der Waals surface area contributed by atoms with E-state index in [1.54, 1.807) is 6.26 Å². The van der Waals surface area contributed by atoms with Crippen LogP contribution in [0.1, 0.15) is 25.7 Å². The number of ether oxygens (including phenoxy) is 1. The summed E-state index contributed by atoms with van der Waals surface area (Å²) in [5, 5.41) is 2.91. The van der Waals surface area contributed by atoms with Gasteiger partial charge in [0, 0.05) is 18.7 Å². The van der Waals surface area contributed by atoms with Crippen LogP contribution in [-0.2, 0) is 9.53 Å². The van der Waals surface area contributed by atoms with Gasteiger partial charge in [0.25, 0.3) is 0 Å². The van der Waals surface area contributed by atoms with Gasteiger partial charge in [-0.15, -0.1) is 0 Å². The number of nitrogens with zero attached hydrogens (tertiary/aromatic N) is 1. The van der Waals surface area contributed by atoms with E-state index in [9.17, 15) is 4.79 Å². The van der Waals surface area contributed by atoms with Crippen LogP contribution in [-0.4, -0.2) is 37.0 Å². The van der Waals surface area contributed by atoms with Crippen molar-refractivity contribution in [1.82, 2.24) is 4.90 Å². The number of allylic oxidation sites excluding steroid dienone is 1. The van der Waals surface area contributed by atoms with Gasteiger partial charge in [0.2, 0.25) is 5.91 Å². The number of amides is 1. The molecule has 1 amide bonds. The van der Waals surface area contributed by atoms with E-state index in [2.05, 4.69) is 23.3 Å². The number of anilines is 1. The molecule has 0 aromatic heterocycles. The summed E-state index contributed by atoms with van der Waals surface area (Å²) in [6.45, 7) is 1.83. The van der Waals surface area contributed by atoms with Crippen molar-refractivity contribution < 1.29 is 9.53 Å². The van der Waals surface area contributed by atoms with Gasteiger partial charge in [0.1, 0.15) is 6.10 Å². The lowest BCUT2D eigenvalue weighted by Crippen LogP contribution is -2.32. The number of hydrogen-bond acceptors (Lipinski definition) is 3. The first-order valence-corrected chi connectivity index (χ1v) is 7.58. The molecule has 114 valence electrons. The van der Waals surface area contributed by atoms with Crippen molar-refractivity contribution in [2.45, 2.75) is 31.8 Å². The van der Waals surface area contributed by atoms with Crippen LogP contribution in [0.5, 0.6) is 0 Å². The molecule has 0 radical (unpaired) electrons. The minimum atomic E-state index is 0.0754. The quantitative estimate of drug-likeness (QED) is 0.838. The second kappa shape index (κ2) is 8.47. The molecule has 4 heteroatoms. The fourth-order valence-corrected chi connectivity index (χ4v) is 2.41. The number of benzene rings is 1. The van der Waals surface area contributed by atoms with Gasteiger partial charge in [-0.3, -0.25) is 4.79 Å². The number of carbonyl (C=O) groups is 1. The third-order valence-electron chi connectivity index (χ3n) is 3.54. The smallest absolute Gasteiger partial charge is 0.224 e. The molecular formula is C17H24N2O2. The predicted molar refractivity (Wildman–Crippen MR) is 85.0 cm³/mol. The summed E-state index contributed by atoms with van der Waals surface area (Å²) in [6.07, 6.45) is 7.73. The zero-order chi connectivity index (χ0) is 14.9. The largest absolute Gasteiger partial charge is 0.497 e. The Morgan fingerprint density at radius 3 is 2.90 bits per heavy atom. The highest BCUT2D eigenvalue weighted by molar-refractivity contribution is 5.90. The second-order valence-electron chi connectivity index (χ2n) is 5.49. The van der Waals surface area contributed by atoms with Crippen LogP contribution in [0.4, 0.5) is 5.69 Å². The molecule has 0 fully saturated rings. The normalized spacial score (nSPS) is 17.5. The molecule has 1 unspecified atom stereocenters. The van der Waals surface area contributed by atoms with Gasteiger partial charge in [-0.05, 0) is 51.1 Å². The average molecular weight is 288 g/mol. The lowest BCUT2D eigenvalue weighted by atomic mass is 10.1. The van der Waals surface area contributed by atoms with Crippen molar-refractivity contribution in [3.63, 3.8) is 0 Å². The Morgan fingerprint density at radius 1 is 1.38 bits per heavy atom. The highest BCUT2D eigenvalue weighted by Gasteiger charge is 2.13. The third kappa shape index (κ3) is 6.00. The topological polar surface area (TPSA) is 41.6 Å². The molecule has 21 heavy (non-hydrogen) atoms. The lowest BCUT2D eigenvalue weighted by Gasteiger charge is -2.25.